The molecule has 146 valence electrons. The minimum atomic E-state index is -0.639. The molecule has 1 atom stereocenters. The third-order valence-electron chi connectivity index (χ3n) is 5.37. The zero-order chi connectivity index (χ0) is 18.0. The maximum Gasteiger partial charge on any atom is 0.250 e. The number of carbonyl (C=O) groups is 1. The predicted octanol–water partition coefficient (Wildman–Crippen LogP) is 2.12. The number of benzene rings is 1. The molecule has 3 heterocycles. The maximum absolute atomic E-state index is 13.5. The van der Waals surface area contributed by atoms with Crippen LogP contribution in [0.2, 0.25) is 0 Å². The summed E-state index contributed by atoms with van der Waals surface area (Å²) in [6, 6.07) is 8.16. The standard InChI is InChI=1S/C19H23FN4O2.ClH/c20-16-4-2-15(3-5-16)17-14-23(12-13-26-17)18(25)19(6-9-21-10-7-19)24-11-1-8-22-24;/h1-5,8,11,17,21H,6-7,9-10,12-14H2;1H. The van der Waals surface area contributed by atoms with E-state index >= 15 is 0 Å². The van der Waals surface area contributed by atoms with Crippen molar-refractivity contribution >= 4 is 18.3 Å². The molecule has 1 N–H and O–H groups in total. The van der Waals surface area contributed by atoms with Crippen molar-refractivity contribution in [3.8, 4) is 0 Å². The van der Waals surface area contributed by atoms with Gasteiger partial charge in [0.2, 0.25) is 0 Å². The smallest absolute Gasteiger partial charge is 0.250 e. The van der Waals surface area contributed by atoms with Gasteiger partial charge in [-0.15, -0.1) is 12.4 Å². The number of piperidine rings is 1. The highest BCUT2D eigenvalue weighted by atomic mass is 35.5. The molecule has 2 aromatic rings. The van der Waals surface area contributed by atoms with Crippen molar-refractivity contribution in [2.45, 2.75) is 24.5 Å². The summed E-state index contributed by atoms with van der Waals surface area (Å²) in [5.74, 6) is -0.178. The van der Waals surface area contributed by atoms with Gasteiger partial charge in [-0.3, -0.25) is 9.48 Å². The van der Waals surface area contributed by atoms with Crippen LogP contribution in [0, 0.1) is 5.82 Å². The molecule has 2 aliphatic heterocycles. The van der Waals surface area contributed by atoms with E-state index in [-0.39, 0.29) is 30.2 Å². The van der Waals surface area contributed by atoms with Gasteiger partial charge in [0, 0.05) is 18.9 Å². The van der Waals surface area contributed by atoms with Gasteiger partial charge < -0.3 is 15.0 Å². The van der Waals surface area contributed by atoms with Gasteiger partial charge in [0.05, 0.1) is 13.2 Å². The number of rotatable bonds is 3. The molecule has 4 rings (SSSR count). The summed E-state index contributed by atoms with van der Waals surface area (Å²) >= 11 is 0. The SMILES string of the molecule is Cl.O=C(N1CCOC(c2ccc(F)cc2)C1)C1(n2cccn2)CCNCC1. The molecule has 0 saturated carbocycles. The van der Waals surface area contributed by atoms with E-state index in [2.05, 4.69) is 10.4 Å². The van der Waals surface area contributed by atoms with Crippen LogP contribution in [0.4, 0.5) is 4.39 Å². The van der Waals surface area contributed by atoms with E-state index in [1.807, 2.05) is 21.8 Å². The van der Waals surface area contributed by atoms with Gasteiger partial charge in [-0.1, -0.05) is 12.1 Å². The molecule has 1 aromatic heterocycles. The summed E-state index contributed by atoms with van der Waals surface area (Å²) in [4.78, 5) is 15.4. The lowest BCUT2D eigenvalue weighted by molar-refractivity contribution is -0.151. The van der Waals surface area contributed by atoms with Crippen LogP contribution in [0.5, 0.6) is 0 Å². The second-order valence-electron chi connectivity index (χ2n) is 6.89. The van der Waals surface area contributed by atoms with Gasteiger partial charge >= 0.3 is 0 Å². The fourth-order valence-corrected chi connectivity index (χ4v) is 3.91. The molecular weight excluding hydrogens is 371 g/mol. The molecule has 2 aliphatic rings. The monoisotopic (exact) mass is 394 g/mol. The normalized spacial score (nSPS) is 22.1. The van der Waals surface area contributed by atoms with Crippen molar-refractivity contribution < 1.29 is 13.9 Å². The Morgan fingerprint density at radius 3 is 2.67 bits per heavy atom. The molecule has 1 unspecified atom stereocenters. The minimum absolute atomic E-state index is 0. The molecule has 8 heteroatoms. The van der Waals surface area contributed by atoms with Crippen molar-refractivity contribution in [3.63, 3.8) is 0 Å². The molecule has 2 saturated heterocycles. The van der Waals surface area contributed by atoms with Crippen LogP contribution in [0.1, 0.15) is 24.5 Å². The second-order valence-corrected chi connectivity index (χ2v) is 6.89. The Hall–Kier alpha value is -1.96. The van der Waals surface area contributed by atoms with Crippen LogP contribution in [0.25, 0.3) is 0 Å². The predicted molar refractivity (Wildman–Crippen MR) is 101 cm³/mol. The zero-order valence-corrected chi connectivity index (χ0v) is 15.8. The van der Waals surface area contributed by atoms with Crippen LogP contribution in [0.3, 0.4) is 0 Å². The lowest BCUT2D eigenvalue weighted by Gasteiger charge is -2.42. The molecule has 0 aliphatic carbocycles. The maximum atomic E-state index is 13.5. The Balaban J connectivity index is 0.00000210. The Morgan fingerprint density at radius 2 is 2.00 bits per heavy atom. The largest absolute Gasteiger partial charge is 0.370 e. The summed E-state index contributed by atoms with van der Waals surface area (Å²) in [7, 11) is 0. The van der Waals surface area contributed by atoms with Gasteiger partial charge in [0.15, 0.2) is 0 Å². The number of ether oxygens (including phenoxy) is 1. The second kappa shape index (κ2) is 8.37. The first-order valence-corrected chi connectivity index (χ1v) is 9.06. The van der Waals surface area contributed by atoms with Crippen LogP contribution < -0.4 is 5.32 Å². The molecule has 0 spiro atoms. The fraction of sp³-hybridized carbons (Fsp3) is 0.474. The average molecular weight is 395 g/mol. The summed E-state index contributed by atoms with van der Waals surface area (Å²) in [5, 5.41) is 7.71. The summed E-state index contributed by atoms with van der Waals surface area (Å²) in [6.45, 7) is 3.09. The topological polar surface area (TPSA) is 59.4 Å². The summed E-state index contributed by atoms with van der Waals surface area (Å²) in [6.07, 6.45) is 4.79. The molecule has 1 amide bonds. The number of hydrogen-bond donors (Lipinski definition) is 1. The summed E-state index contributed by atoms with van der Waals surface area (Å²) < 4.78 is 20.9. The number of nitrogens with one attached hydrogen (secondary N) is 1. The molecule has 6 nitrogen and oxygen atoms in total. The van der Waals surface area contributed by atoms with Crippen LogP contribution in [-0.2, 0) is 15.1 Å². The van der Waals surface area contributed by atoms with E-state index in [1.54, 1.807) is 18.3 Å². The Bertz CT molecular complexity index is 748. The third-order valence-corrected chi connectivity index (χ3v) is 5.37. The van der Waals surface area contributed by atoms with E-state index in [0.29, 0.717) is 32.5 Å². The number of nitrogens with zero attached hydrogens (tertiary/aromatic N) is 3. The van der Waals surface area contributed by atoms with Crippen molar-refractivity contribution in [2.75, 3.05) is 32.8 Å². The zero-order valence-electron chi connectivity index (χ0n) is 15.0. The van der Waals surface area contributed by atoms with E-state index in [9.17, 15) is 9.18 Å². The minimum Gasteiger partial charge on any atom is -0.370 e. The number of amides is 1. The third kappa shape index (κ3) is 3.85. The first kappa shape index (κ1) is 19.8. The molecule has 0 radical (unpaired) electrons. The highest BCUT2D eigenvalue weighted by molar-refractivity contribution is 5.85. The van der Waals surface area contributed by atoms with Crippen LogP contribution in [-0.4, -0.2) is 53.4 Å². The molecular formula is C19H24ClFN4O2. The van der Waals surface area contributed by atoms with Gasteiger partial charge in [-0.05, 0) is 49.7 Å². The average Bonchev–Trinajstić information content (AvgIpc) is 3.24. The first-order chi connectivity index (χ1) is 12.7. The van der Waals surface area contributed by atoms with Crippen LogP contribution in [0.15, 0.2) is 42.7 Å². The number of hydrogen-bond acceptors (Lipinski definition) is 4. The number of carbonyl (C=O) groups excluding carboxylic acids is 1. The molecule has 27 heavy (non-hydrogen) atoms. The van der Waals surface area contributed by atoms with E-state index in [1.165, 1.54) is 12.1 Å². The lowest BCUT2D eigenvalue weighted by Crippen LogP contribution is -2.57. The quantitative estimate of drug-likeness (QED) is 0.866. The van der Waals surface area contributed by atoms with Crippen molar-refractivity contribution in [1.29, 1.82) is 0 Å². The molecule has 1 aromatic carbocycles. The van der Waals surface area contributed by atoms with Crippen molar-refractivity contribution in [2.24, 2.45) is 0 Å². The molecule has 2 fully saturated rings. The highest BCUT2D eigenvalue weighted by Crippen LogP contribution is 2.32. The van der Waals surface area contributed by atoms with Gasteiger partial charge in [0.25, 0.3) is 5.91 Å². The molecule has 0 bridgehead atoms. The van der Waals surface area contributed by atoms with Gasteiger partial charge in [0.1, 0.15) is 17.5 Å². The summed E-state index contributed by atoms with van der Waals surface area (Å²) in [5.41, 5.74) is 0.252. The highest BCUT2D eigenvalue weighted by Gasteiger charge is 2.45. The van der Waals surface area contributed by atoms with E-state index < -0.39 is 5.54 Å². The Labute approximate surface area is 164 Å². The van der Waals surface area contributed by atoms with Gasteiger partial charge in [-0.2, -0.15) is 5.10 Å². The van der Waals surface area contributed by atoms with Gasteiger partial charge in [-0.25, -0.2) is 4.39 Å². The number of halogens is 2. The number of aromatic nitrogens is 2. The van der Waals surface area contributed by atoms with E-state index in [4.69, 9.17) is 4.74 Å². The Kier molecular flexibility index (Phi) is 6.14. The first-order valence-electron chi connectivity index (χ1n) is 9.06. The lowest BCUT2D eigenvalue weighted by atomic mass is 9.86. The van der Waals surface area contributed by atoms with Crippen molar-refractivity contribution in [3.05, 3.63) is 54.1 Å². The van der Waals surface area contributed by atoms with Crippen LogP contribution >= 0.6 is 12.4 Å². The Morgan fingerprint density at radius 1 is 1.26 bits per heavy atom. The van der Waals surface area contributed by atoms with E-state index in [0.717, 1.165) is 18.7 Å². The fourth-order valence-electron chi connectivity index (χ4n) is 3.91. The van der Waals surface area contributed by atoms with Crippen molar-refractivity contribution in [1.82, 2.24) is 20.0 Å². The number of morpholine rings is 1.